The molecule has 8 heteroatoms. The highest BCUT2D eigenvalue weighted by atomic mass is 16.2. The molecule has 2 fully saturated rings. The van der Waals surface area contributed by atoms with Gasteiger partial charge in [0.15, 0.2) is 0 Å². The third kappa shape index (κ3) is 3.31. The predicted octanol–water partition coefficient (Wildman–Crippen LogP) is 1.24. The van der Waals surface area contributed by atoms with Gasteiger partial charge in [-0.2, -0.15) is 5.10 Å². The number of amides is 2. The third-order valence-electron chi connectivity index (χ3n) is 5.44. The quantitative estimate of drug-likeness (QED) is 0.895. The minimum absolute atomic E-state index is 0.0329. The fraction of sp³-hybridized carbons (Fsp3) is 0.500. The number of hydrogen-bond donors (Lipinski definition) is 1. The molecular weight excluding hydrogens is 332 g/mol. The number of piperidine rings is 2. The smallest absolute Gasteiger partial charge is 0.291 e. The molecule has 2 amide bonds. The van der Waals surface area contributed by atoms with Crippen LogP contribution in [0.25, 0.3) is 0 Å². The first-order chi connectivity index (χ1) is 12.7. The van der Waals surface area contributed by atoms with E-state index in [9.17, 15) is 9.59 Å². The third-order valence-corrected chi connectivity index (χ3v) is 5.44. The Morgan fingerprint density at radius 3 is 2.85 bits per heavy atom. The van der Waals surface area contributed by atoms with Gasteiger partial charge in [-0.05, 0) is 37.0 Å². The average molecular weight is 354 g/mol. The summed E-state index contributed by atoms with van der Waals surface area (Å²) in [7, 11) is 0. The van der Waals surface area contributed by atoms with Crippen molar-refractivity contribution in [3.8, 4) is 0 Å². The van der Waals surface area contributed by atoms with Crippen LogP contribution in [0.15, 0.2) is 30.9 Å². The van der Waals surface area contributed by atoms with E-state index in [4.69, 9.17) is 0 Å². The van der Waals surface area contributed by atoms with E-state index in [2.05, 4.69) is 20.2 Å². The van der Waals surface area contributed by atoms with Crippen LogP contribution in [0, 0.1) is 5.41 Å². The van der Waals surface area contributed by atoms with Gasteiger partial charge in [-0.25, -0.2) is 4.98 Å². The largest absolute Gasteiger partial charge is 0.338 e. The first-order valence-electron chi connectivity index (χ1n) is 8.97. The zero-order chi connectivity index (χ0) is 18.0. The van der Waals surface area contributed by atoms with Crippen LogP contribution in [0.2, 0.25) is 0 Å². The molecule has 26 heavy (non-hydrogen) atoms. The molecule has 0 aliphatic carbocycles. The van der Waals surface area contributed by atoms with Gasteiger partial charge in [-0.1, -0.05) is 0 Å². The highest BCUT2D eigenvalue weighted by Crippen LogP contribution is 2.39. The molecule has 0 bridgehead atoms. The molecule has 136 valence electrons. The summed E-state index contributed by atoms with van der Waals surface area (Å²) < 4.78 is 0. The van der Waals surface area contributed by atoms with Gasteiger partial charge in [0.2, 0.25) is 11.7 Å². The van der Waals surface area contributed by atoms with Crippen LogP contribution in [0.3, 0.4) is 0 Å². The molecule has 2 saturated heterocycles. The number of aromatic nitrogens is 4. The Balaban J connectivity index is 1.48. The highest BCUT2D eigenvalue weighted by molar-refractivity contribution is 5.90. The molecule has 0 radical (unpaired) electrons. The summed E-state index contributed by atoms with van der Waals surface area (Å²) in [4.78, 5) is 36.9. The highest BCUT2D eigenvalue weighted by Gasteiger charge is 2.43. The standard InChI is InChI=1S/C18H22N6O2/c25-15-2-6-18(12-24(15)10-14-3-7-19-8-4-14)5-1-9-23(11-18)17(26)16-20-13-21-22-16/h3-4,7-8,13H,1-2,5-6,9-12H2,(H,20,21,22). The van der Waals surface area contributed by atoms with Gasteiger partial charge in [-0.3, -0.25) is 19.7 Å². The van der Waals surface area contributed by atoms with Crippen LogP contribution in [0.5, 0.6) is 0 Å². The second kappa shape index (κ2) is 6.86. The molecule has 1 spiro atoms. The van der Waals surface area contributed by atoms with E-state index < -0.39 is 0 Å². The second-order valence-electron chi connectivity index (χ2n) is 7.27. The number of rotatable bonds is 3. The monoisotopic (exact) mass is 354 g/mol. The normalized spacial score (nSPS) is 23.5. The molecule has 4 rings (SSSR count). The van der Waals surface area contributed by atoms with E-state index in [1.807, 2.05) is 21.9 Å². The maximum absolute atomic E-state index is 12.6. The molecule has 1 unspecified atom stereocenters. The minimum atomic E-state index is -0.112. The van der Waals surface area contributed by atoms with Crippen molar-refractivity contribution in [3.63, 3.8) is 0 Å². The molecule has 1 atom stereocenters. The number of carbonyl (C=O) groups is 2. The van der Waals surface area contributed by atoms with Gasteiger partial charge in [0.05, 0.1) is 0 Å². The Kier molecular flexibility index (Phi) is 4.40. The van der Waals surface area contributed by atoms with Crippen molar-refractivity contribution >= 4 is 11.8 Å². The van der Waals surface area contributed by atoms with Crippen LogP contribution in [-0.2, 0) is 11.3 Å². The number of nitrogens with one attached hydrogen (secondary N) is 1. The van der Waals surface area contributed by atoms with Crippen molar-refractivity contribution < 1.29 is 9.59 Å². The molecule has 2 aromatic heterocycles. The number of likely N-dealkylation sites (tertiary alicyclic amines) is 2. The molecule has 0 aromatic carbocycles. The van der Waals surface area contributed by atoms with E-state index >= 15 is 0 Å². The zero-order valence-corrected chi connectivity index (χ0v) is 14.6. The van der Waals surface area contributed by atoms with E-state index in [1.165, 1.54) is 6.33 Å². The average Bonchev–Trinajstić information content (AvgIpc) is 3.20. The van der Waals surface area contributed by atoms with E-state index in [-0.39, 0.29) is 23.1 Å². The van der Waals surface area contributed by atoms with Crippen LogP contribution < -0.4 is 0 Å². The lowest BCUT2D eigenvalue weighted by atomic mass is 9.73. The fourth-order valence-electron chi connectivity index (χ4n) is 4.13. The van der Waals surface area contributed by atoms with Gasteiger partial charge in [0.25, 0.3) is 5.91 Å². The van der Waals surface area contributed by atoms with Crippen molar-refractivity contribution in [1.82, 2.24) is 30.0 Å². The van der Waals surface area contributed by atoms with E-state index in [0.29, 0.717) is 26.1 Å². The molecule has 4 heterocycles. The molecule has 2 aliphatic rings. The first kappa shape index (κ1) is 16.7. The van der Waals surface area contributed by atoms with Gasteiger partial charge >= 0.3 is 0 Å². The molecule has 0 saturated carbocycles. The molecule has 1 N–H and O–H groups in total. The van der Waals surface area contributed by atoms with E-state index in [1.54, 1.807) is 12.4 Å². The maximum atomic E-state index is 12.6. The van der Waals surface area contributed by atoms with Crippen molar-refractivity contribution in [2.24, 2.45) is 5.41 Å². The fourth-order valence-corrected chi connectivity index (χ4v) is 4.13. The summed E-state index contributed by atoms with van der Waals surface area (Å²) in [6, 6.07) is 3.88. The van der Waals surface area contributed by atoms with Gasteiger partial charge in [0.1, 0.15) is 6.33 Å². The SMILES string of the molecule is O=C1CCC2(CCCN(C(=O)c3ncn[nH]3)C2)CN1Cc1ccncc1. The van der Waals surface area contributed by atoms with E-state index in [0.717, 1.165) is 31.4 Å². The number of aromatic amines is 1. The molecule has 2 aromatic rings. The Morgan fingerprint density at radius 1 is 1.23 bits per heavy atom. The minimum Gasteiger partial charge on any atom is -0.338 e. The first-order valence-corrected chi connectivity index (χ1v) is 8.97. The van der Waals surface area contributed by atoms with Crippen LogP contribution in [-0.4, -0.2) is 61.4 Å². The summed E-state index contributed by atoms with van der Waals surface area (Å²) in [6.45, 7) is 2.67. The second-order valence-corrected chi connectivity index (χ2v) is 7.27. The Bertz CT molecular complexity index is 778. The Labute approximate surface area is 151 Å². The van der Waals surface area contributed by atoms with Gasteiger partial charge in [0, 0.05) is 50.4 Å². The summed E-state index contributed by atoms with van der Waals surface area (Å²) in [5.74, 6) is 0.354. The summed E-state index contributed by atoms with van der Waals surface area (Å²) >= 11 is 0. The van der Waals surface area contributed by atoms with Gasteiger partial charge < -0.3 is 9.80 Å². The lowest BCUT2D eigenvalue weighted by molar-refractivity contribution is -0.139. The number of hydrogen-bond acceptors (Lipinski definition) is 5. The van der Waals surface area contributed by atoms with Crippen molar-refractivity contribution in [1.29, 1.82) is 0 Å². The molecular formula is C18H22N6O2. The van der Waals surface area contributed by atoms with Crippen molar-refractivity contribution in [2.75, 3.05) is 19.6 Å². The van der Waals surface area contributed by atoms with Crippen LogP contribution >= 0.6 is 0 Å². The van der Waals surface area contributed by atoms with Crippen molar-refractivity contribution in [2.45, 2.75) is 32.2 Å². The molecule has 8 nitrogen and oxygen atoms in total. The summed E-state index contributed by atoms with van der Waals surface area (Å²) in [6.07, 6.45) is 8.19. The number of nitrogens with zero attached hydrogens (tertiary/aromatic N) is 5. The Morgan fingerprint density at radius 2 is 2.08 bits per heavy atom. The predicted molar refractivity (Wildman–Crippen MR) is 92.8 cm³/mol. The van der Waals surface area contributed by atoms with Crippen LogP contribution in [0.4, 0.5) is 0 Å². The Hall–Kier alpha value is -2.77. The number of pyridine rings is 1. The van der Waals surface area contributed by atoms with Gasteiger partial charge in [-0.15, -0.1) is 0 Å². The topological polar surface area (TPSA) is 95.1 Å². The lowest BCUT2D eigenvalue weighted by Gasteiger charge is -2.48. The molecule has 2 aliphatic heterocycles. The zero-order valence-electron chi connectivity index (χ0n) is 14.6. The van der Waals surface area contributed by atoms with Crippen LogP contribution in [0.1, 0.15) is 41.9 Å². The summed E-state index contributed by atoms with van der Waals surface area (Å²) in [5, 5.41) is 6.42. The maximum Gasteiger partial charge on any atom is 0.291 e. The number of H-pyrrole nitrogens is 1. The van der Waals surface area contributed by atoms with Crippen molar-refractivity contribution in [3.05, 3.63) is 42.2 Å². The number of carbonyl (C=O) groups excluding carboxylic acids is 2. The lowest BCUT2D eigenvalue weighted by Crippen LogP contribution is -2.54. The summed E-state index contributed by atoms with van der Waals surface area (Å²) in [5.41, 5.74) is 1.05.